The molecule has 1 N–H and O–H groups in total. The number of ether oxygens (including phenoxy) is 2. The molecule has 1 rings (SSSR count). The summed E-state index contributed by atoms with van der Waals surface area (Å²) in [6.45, 7) is 7.69. The molecule has 1 aliphatic rings. The Morgan fingerprint density at radius 1 is 1.33 bits per heavy atom. The van der Waals surface area contributed by atoms with Crippen molar-refractivity contribution in [3.05, 3.63) is 0 Å². The summed E-state index contributed by atoms with van der Waals surface area (Å²) in [7, 11) is 1.67. The van der Waals surface area contributed by atoms with Gasteiger partial charge >= 0.3 is 0 Å². The van der Waals surface area contributed by atoms with E-state index >= 15 is 0 Å². The summed E-state index contributed by atoms with van der Waals surface area (Å²) >= 11 is 0. The molecule has 0 aromatic rings. The zero-order chi connectivity index (χ0) is 13.4. The summed E-state index contributed by atoms with van der Waals surface area (Å²) in [6, 6.07) is 0.00273. The molecule has 1 fully saturated rings. The number of amides is 1. The second-order valence-electron chi connectivity index (χ2n) is 5.00. The molecule has 18 heavy (non-hydrogen) atoms. The summed E-state index contributed by atoms with van der Waals surface area (Å²) in [4.78, 5) is 13.9. The topological polar surface area (TPSA) is 50.8 Å². The van der Waals surface area contributed by atoms with Crippen LogP contribution >= 0.6 is 0 Å². The predicted molar refractivity (Wildman–Crippen MR) is 70.3 cm³/mol. The molecule has 1 saturated heterocycles. The first-order chi connectivity index (χ1) is 8.66. The Morgan fingerprint density at radius 2 is 2.11 bits per heavy atom. The zero-order valence-electron chi connectivity index (χ0n) is 11.8. The van der Waals surface area contributed by atoms with Crippen molar-refractivity contribution in [2.75, 3.05) is 40.1 Å². The molecule has 1 heterocycles. The molecule has 0 radical (unpaired) electrons. The lowest BCUT2D eigenvalue weighted by molar-refractivity contribution is -0.129. The Balaban J connectivity index is 2.05. The van der Waals surface area contributed by atoms with E-state index in [9.17, 15) is 4.79 Å². The van der Waals surface area contributed by atoms with Gasteiger partial charge in [0.2, 0.25) is 5.91 Å². The standard InChI is InChI=1S/C13H26N2O3/c1-11(2)12-13(16)15(10-14-12)6-4-5-7-18-9-8-17-3/h11-12,14H,4-10H2,1-3H3. The average molecular weight is 258 g/mol. The van der Waals surface area contributed by atoms with Gasteiger partial charge in [0.15, 0.2) is 0 Å². The molecule has 1 atom stereocenters. The van der Waals surface area contributed by atoms with Gasteiger partial charge in [-0.05, 0) is 18.8 Å². The summed E-state index contributed by atoms with van der Waals surface area (Å²) in [5, 5.41) is 3.25. The van der Waals surface area contributed by atoms with Gasteiger partial charge in [0.05, 0.1) is 25.9 Å². The molecule has 0 aliphatic carbocycles. The van der Waals surface area contributed by atoms with E-state index in [0.717, 1.165) is 26.0 Å². The van der Waals surface area contributed by atoms with Gasteiger partial charge in [-0.1, -0.05) is 13.8 Å². The molecule has 0 bridgehead atoms. The first-order valence-corrected chi connectivity index (χ1v) is 6.75. The highest BCUT2D eigenvalue weighted by Crippen LogP contribution is 2.12. The molecule has 1 unspecified atom stereocenters. The third-order valence-corrected chi connectivity index (χ3v) is 3.14. The van der Waals surface area contributed by atoms with Crippen LogP contribution in [0.3, 0.4) is 0 Å². The minimum absolute atomic E-state index is 0.00273. The van der Waals surface area contributed by atoms with Crippen molar-refractivity contribution in [2.24, 2.45) is 5.92 Å². The predicted octanol–water partition coefficient (Wildman–Crippen LogP) is 0.844. The largest absolute Gasteiger partial charge is 0.382 e. The maximum atomic E-state index is 12.0. The van der Waals surface area contributed by atoms with E-state index in [1.54, 1.807) is 7.11 Å². The molecule has 5 heteroatoms. The van der Waals surface area contributed by atoms with Gasteiger partial charge in [0.1, 0.15) is 0 Å². The number of hydrogen-bond donors (Lipinski definition) is 1. The molecular formula is C13H26N2O3. The minimum Gasteiger partial charge on any atom is -0.382 e. The van der Waals surface area contributed by atoms with Crippen LogP contribution in [0.2, 0.25) is 0 Å². The Labute approximate surface area is 110 Å². The van der Waals surface area contributed by atoms with Crippen LogP contribution in [0.4, 0.5) is 0 Å². The van der Waals surface area contributed by atoms with Gasteiger partial charge in [0.25, 0.3) is 0 Å². The van der Waals surface area contributed by atoms with E-state index in [1.165, 1.54) is 0 Å². The highest BCUT2D eigenvalue weighted by molar-refractivity contribution is 5.83. The zero-order valence-corrected chi connectivity index (χ0v) is 11.8. The number of methoxy groups -OCH3 is 1. The summed E-state index contributed by atoms with van der Waals surface area (Å²) in [6.07, 6.45) is 1.98. The molecule has 5 nitrogen and oxygen atoms in total. The van der Waals surface area contributed by atoms with Gasteiger partial charge in [-0.15, -0.1) is 0 Å². The maximum absolute atomic E-state index is 12.0. The lowest BCUT2D eigenvalue weighted by Crippen LogP contribution is -2.35. The highest BCUT2D eigenvalue weighted by atomic mass is 16.5. The normalized spacial score (nSPS) is 20.1. The van der Waals surface area contributed by atoms with Crippen molar-refractivity contribution in [3.8, 4) is 0 Å². The average Bonchev–Trinajstić information content (AvgIpc) is 2.70. The lowest BCUT2D eigenvalue weighted by Gasteiger charge is -2.16. The number of carbonyl (C=O) groups excluding carboxylic acids is 1. The van der Waals surface area contributed by atoms with Crippen molar-refractivity contribution in [2.45, 2.75) is 32.7 Å². The van der Waals surface area contributed by atoms with Crippen molar-refractivity contribution in [3.63, 3.8) is 0 Å². The van der Waals surface area contributed by atoms with E-state index in [1.807, 2.05) is 4.90 Å². The first-order valence-electron chi connectivity index (χ1n) is 6.75. The van der Waals surface area contributed by atoms with Crippen LogP contribution < -0.4 is 5.32 Å². The fourth-order valence-electron chi connectivity index (χ4n) is 2.03. The number of hydrogen-bond acceptors (Lipinski definition) is 4. The molecular weight excluding hydrogens is 232 g/mol. The third kappa shape index (κ3) is 4.92. The molecule has 0 aromatic carbocycles. The fraction of sp³-hybridized carbons (Fsp3) is 0.923. The quantitative estimate of drug-likeness (QED) is 0.623. The number of unbranched alkanes of at least 4 members (excludes halogenated alkanes) is 1. The van der Waals surface area contributed by atoms with Crippen LogP contribution in [0.1, 0.15) is 26.7 Å². The second-order valence-corrected chi connectivity index (χ2v) is 5.00. The second kappa shape index (κ2) is 8.45. The Hall–Kier alpha value is -0.650. The first kappa shape index (κ1) is 15.4. The molecule has 1 amide bonds. The monoisotopic (exact) mass is 258 g/mol. The minimum atomic E-state index is 0.00273. The van der Waals surface area contributed by atoms with Crippen molar-refractivity contribution < 1.29 is 14.3 Å². The van der Waals surface area contributed by atoms with Gasteiger partial charge < -0.3 is 14.4 Å². The van der Waals surface area contributed by atoms with Crippen LogP contribution in [0.5, 0.6) is 0 Å². The Morgan fingerprint density at radius 3 is 2.72 bits per heavy atom. The van der Waals surface area contributed by atoms with E-state index in [2.05, 4.69) is 19.2 Å². The highest BCUT2D eigenvalue weighted by Gasteiger charge is 2.32. The Bertz CT molecular complexity index is 246. The summed E-state index contributed by atoms with van der Waals surface area (Å²) < 4.78 is 10.3. The van der Waals surface area contributed by atoms with E-state index in [-0.39, 0.29) is 11.9 Å². The van der Waals surface area contributed by atoms with Crippen LogP contribution in [0.25, 0.3) is 0 Å². The number of carbonyl (C=O) groups is 1. The number of nitrogens with zero attached hydrogens (tertiary/aromatic N) is 1. The van der Waals surface area contributed by atoms with Gasteiger partial charge in [-0.2, -0.15) is 0 Å². The molecule has 1 aliphatic heterocycles. The Kier molecular flexibility index (Phi) is 7.23. The number of rotatable bonds is 9. The molecule has 0 saturated carbocycles. The third-order valence-electron chi connectivity index (χ3n) is 3.14. The maximum Gasteiger partial charge on any atom is 0.241 e. The van der Waals surface area contributed by atoms with Gasteiger partial charge in [-0.3, -0.25) is 10.1 Å². The van der Waals surface area contributed by atoms with Crippen molar-refractivity contribution in [1.29, 1.82) is 0 Å². The molecule has 0 spiro atoms. The molecule has 0 aromatic heterocycles. The van der Waals surface area contributed by atoms with Gasteiger partial charge in [0, 0.05) is 20.3 Å². The molecule has 106 valence electrons. The van der Waals surface area contributed by atoms with E-state index in [4.69, 9.17) is 9.47 Å². The van der Waals surface area contributed by atoms with Gasteiger partial charge in [-0.25, -0.2) is 0 Å². The lowest BCUT2D eigenvalue weighted by atomic mass is 10.1. The van der Waals surface area contributed by atoms with Crippen molar-refractivity contribution >= 4 is 5.91 Å². The SMILES string of the molecule is COCCOCCCCN1CNC(C(C)C)C1=O. The number of nitrogens with one attached hydrogen (secondary N) is 1. The van der Waals surface area contributed by atoms with Crippen LogP contribution in [0, 0.1) is 5.92 Å². The van der Waals surface area contributed by atoms with Crippen LogP contribution in [-0.2, 0) is 14.3 Å². The summed E-state index contributed by atoms with van der Waals surface area (Å²) in [5.41, 5.74) is 0. The van der Waals surface area contributed by atoms with E-state index in [0.29, 0.717) is 25.8 Å². The summed E-state index contributed by atoms with van der Waals surface area (Å²) in [5.74, 6) is 0.602. The smallest absolute Gasteiger partial charge is 0.241 e. The van der Waals surface area contributed by atoms with E-state index < -0.39 is 0 Å². The van der Waals surface area contributed by atoms with Crippen LogP contribution in [-0.4, -0.2) is 57.0 Å². The fourth-order valence-corrected chi connectivity index (χ4v) is 2.03. The van der Waals surface area contributed by atoms with Crippen LogP contribution in [0.15, 0.2) is 0 Å². The van der Waals surface area contributed by atoms with Crippen molar-refractivity contribution in [1.82, 2.24) is 10.2 Å².